The lowest BCUT2D eigenvalue weighted by atomic mass is 10.3. The second-order valence-electron chi connectivity index (χ2n) is 3.45. The number of benzene rings is 1. The molecule has 2 nitrogen and oxygen atoms in total. The average molecular weight is 258 g/mol. The molecule has 0 aliphatic rings. The largest absolute Gasteiger partial charge is 0.378 e. The fraction of sp³-hybridized carbons (Fsp3) is 0.182. The number of nitrogens with zero attached hydrogens (tertiary/aromatic N) is 1. The summed E-state index contributed by atoms with van der Waals surface area (Å²) in [6.07, 6.45) is 1.66. The van der Waals surface area contributed by atoms with Crippen LogP contribution in [0.15, 0.2) is 18.3 Å². The summed E-state index contributed by atoms with van der Waals surface area (Å²) in [6, 6.07) is 1.33. The Morgan fingerprint density at radius 1 is 1.18 bits per heavy atom. The van der Waals surface area contributed by atoms with Crippen LogP contribution in [0.4, 0.5) is 18.9 Å². The van der Waals surface area contributed by atoms with Crippen molar-refractivity contribution in [2.75, 3.05) is 5.32 Å². The molecule has 0 unspecified atom stereocenters. The van der Waals surface area contributed by atoms with Gasteiger partial charge in [-0.25, -0.2) is 18.2 Å². The zero-order valence-electron chi connectivity index (χ0n) is 8.93. The summed E-state index contributed by atoms with van der Waals surface area (Å²) in [6.45, 7) is 2.18. The Kier molecular flexibility index (Phi) is 3.33. The number of anilines is 1. The molecule has 6 heteroatoms. The fourth-order valence-electron chi connectivity index (χ4n) is 1.33. The molecular weight excluding hydrogens is 249 g/mol. The molecule has 0 atom stereocenters. The maximum Gasteiger partial charge on any atom is 0.161 e. The normalized spacial score (nSPS) is 10.6. The molecule has 0 saturated carbocycles. The molecule has 0 fully saturated rings. The zero-order valence-corrected chi connectivity index (χ0v) is 9.75. The van der Waals surface area contributed by atoms with Crippen LogP contribution in [0.3, 0.4) is 0 Å². The second kappa shape index (κ2) is 4.75. The molecule has 0 aliphatic carbocycles. The third kappa shape index (κ3) is 2.76. The summed E-state index contributed by atoms with van der Waals surface area (Å²) in [5.74, 6) is -3.08. The molecule has 0 saturated heterocycles. The summed E-state index contributed by atoms with van der Waals surface area (Å²) in [7, 11) is 0. The Morgan fingerprint density at radius 2 is 1.88 bits per heavy atom. The van der Waals surface area contributed by atoms with E-state index in [4.69, 9.17) is 0 Å². The molecule has 2 aromatic rings. The highest BCUT2D eigenvalue weighted by Crippen LogP contribution is 2.20. The molecule has 17 heavy (non-hydrogen) atoms. The Labute approximate surface area is 100 Å². The van der Waals surface area contributed by atoms with Gasteiger partial charge in [-0.15, -0.1) is 11.3 Å². The maximum absolute atomic E-state index is 13.3. The highest BCUT2D eigenvalue weighted by atomic mass is 32.1. The number of hydrogen-bond donors (Lipinski definition) is 1. The molecule has 1 aromatic carbocycles. The zero-order chi connectivity index (χ0) is 12.4. The van der Waals surface area contributed by atoms with E-state index in [2.05, 4.69) is 10.3 Å². The van der Waals surface area contributed by atoms with Gasteiger partial charge in [0, 0.05) is 23.2 Å². The van der Waals surface area contributed by atoms with E-state index in [1.807, 2.05) is 6.92 Å². The Hall–Kier alpha value is -1.56. The average Bonchev–Trinajstić information content (AvgIpc) is 2.68. The van der Waals surface area contributed by atoms with Gasteiger partial charge in [0.05, 0.1) is 17.2 Å². The van der Waals surface area contributed by atoms with Gasteiger partial charge in [-0.2, -0.15) is 0 Å². The minimum atomic E-state index is -1.19. The Balaban J connectivity index is 2.11. The van der Waals surface area contributed by atoms with Crippen LogP contribution in [-0.2, 0) is 6.54 Å². The number of nitrogens with one attached hydrogen (secondary N) is 1. The first-order valence-electron chi connectivity index (χ1n) is 4.86. The maximum atomic E-state index is 13.3. The van der Waals surface area contributed by atoms with Crippen molar-refractivity contribution < 1.29 is 13.2 Å². The molecule has 2 rings (SSSR count). The van der Waals surface area contributed by atoms with E-state index >= 15 is 0 Å². The van der Waals surface area contributed by atoms with Crippen molar-refractivity contribution >= 4 is 17.0 Å². The number of thiazole rings is 1. The molecule has 0 aliphatic heterocycles. The molecule has 0 spiro atoms. The molecule has 1 heterocycles. The number of halogens is 3. The molecule has 0 amide bonds. The van der Waals surface area contributed by atoms with E-state index in [0.29, 0.717) is 12.6 Å². The lowest BCUT2D eigenvalue weighted by Gasteiger charge is -2.06. The SMILES string of the molecule is Cc1ncc(CNc2cc(F)c(F)cc2F)s1. The van der Waals surface area contributed by atoms with E-state index in [1.165, 1.54) is 11.3 Å². The van der Waals surface area contributed by atoms with Crippen LogP contribution in [0.1, 0.15) is 9.88 Å². The second-order valence-corrected chi connectivity index (χ2v) is 4.76. The van der Waals surface area contributed by atoms with Gasteiger partial charge in [0.15, 0.2) is 11.6 Å². The van der Waals surface area contributed by atoms with E-state index < -0.39 is 17.5 Å². The van der Waals surface area contributed by atoms with Gasteiger partial charge in [0.1, 0.15) is 5.82 Å². The molecule has 90 valence electrons. The van der Waals surface area contributed by atoms with Crippen molar-refractivity contribution in [3.05, 3.63) is 45.7 Å². The lowest BCUT2D eigenvalue weighted by molar-refractivity contribution is 0.496. The van der Waals surface area contributed by atoms with Crippen molar-refractivity contribution in [2.24, 2.45) is 0 Å². The van der Waals surface area contributed by atoms with Gasteiger partial charge in [-0.05, 0) is 6.92 Å². The monoisotopic (exact) mass is 258 g/mol. The van der Waals surface area contributed by atoms with Gasteiger partial charge < -0.3 is 5.32 Å². The number of rotatable bonds is 3. The van der Waals surface area contributed by atoms with E-state index in [0.717, 1.165) is 16.0 Å². The summed E-state index contributed by atoms with van der Waals surface area (Å²) < 4.78 is 38.8. The van der Waals surface area contributed by atoms with Crippen molar-refractivity contribution in [1.29, 1.82) is 0 Å². The van der Waals surface area contributed by atoms with Crippen LogP contribution in [0.5, 0.6) is 0 Å². The van der Waals surface area contributed by atoms with E-state index in [9.17, 15) is 13.2 Å². The van der Waals surface area contributed by atoms with Crippen LogP contribution in [0.2, 0.25) is 0 Å². The topological polar surface area (TPSA) is 24.9 Å². The first kappa shape index (κ1) is 11.9. The third-order valence-corrected chi connectivity index (χ3v) is 3.04. The standard InChI is InChI=1S/C11H9F3N2S/c1-6-15-4-7(17-6)5-16-11-3-9(13)8(12)2-10(11)14/h2-4,16H,5H2,1H3. The smallest absolute Gasteiger partial charge is 0.161 e. The first-order valence-corrected chi connectivity index (χ1v) is 5.67. The summed E-state index contributed by atoms with van der Waals surface area (Å²) >= 11 is 1.46. The van der Waals surface area contributed by atoms with Crippen LogP contribution in [0, 0.1) is 24.4 Å². The summed E-state index contributed by atoms with van der Waals surface area (Å²) in [5.41, 5.74) is -0.0602. The van der Waals surface area contributed by atoms with E-state index in [-0.39, 0.29) is 5.69 Å². The van der Waals surface area contributed by atoms with Gasteiger partial charge in [0.2, 0.25) is 0 Å². The van der Waals surface area contributed by atoms with Crippen LogP contribution in [0.25, 0.3) is 0 Å². The van der Waals surface area contributed by atoms with Crippen molar-refractivity contribution in [1.82, 2.24) is 4.98 Å². The van der Waals surface area contributed by atoms with Crippen molar-refractivity contribution in [3.8, 4) is 0 Å². The van der Waals surface area contributed by atoms with E-state index in [1.54, 1.807) is 6.20 Å². The van der Waals surface area contributed by atoms with Crippen LogP contribution in [-0.4, -0.2) is 4.98 Å². The predicted molar refractivity (Wildman–Crippen MR) is 60.5 cm³/mol. The lowest BCUT2D eigenvalue weighted by Crippen LogP contribution is -2.01. The Bertz CT molecular complexity index is 540. The number of aromatic nitrogens is 1. The highest BCUT2D eigenvalue weighted by molar-refractivity contribution is 7.11. The number of aryl methyl sites for hydroxylation is 1. The van der Waals surface area contributed by atoms with Gasteiger partial charge in [-0.3, -0.25) is 0 Å². The Morgan fingerprint density at radius 3 is 2.53 bits per heavy atom. The minimum Gasteiger partial charge on any atom is -0.378 e. The van der Waals surface area contributed by atoms with Crippen molar-refractivity contribution in [2.45, 2.75) is 13.5 Å². The first-order chi connectivity index (χ1) is 8.06. The molecule has 0 radical (unpaired) electrons. The molecule has 1 N–H and O–H groups in total. The fourth-order valence-corrected chi connectivity index (χ4v) is 2.06. The number of hydrogen-bond acceptors (Lipinski definition) is 3. The summed E-state index contributed by atoms with van der Waals surface area (Å²) in [4.78, 5) is 4.93. The third-order valence-electron chi connectivity index (χ3n) is 2.13. The van der Waals surface area contributed by atoms with Gasteiger partial charge in [0.25, 0.3) is 0 Å². The minimum absolute atomic E-state index is 0.0602. The quantitative estimate of drug-likeness (QED) is 0.852. The van der Waals surface area contributed by atoms with Gasteiger partial charge in [-0.1, -0.05) is 0 Å². The molecule has 1 aromatic heterocycles. The van der Waals surface area contributed by atoms with Crippen LogP contribution >= 0.6 is 11.3 Å². The predicted octanol–water partition coefficient (Wildman–Crippen LogP) is 3.48. The van der Waals surface area contributed by atoms with Crippen molar-refractivity contribution in [3.63, 3.8) is 0 Å². The molecule has 0 bridgehead atoms. The highest BCUT2D eigenvalue weighted by Gasteiger charge is 2.09. The van der Waals surface area contributed by atoms with Crippen LogP contribution < -0.4 is 5.32 Å². The molecular formula is C11H9F3N2S. The van der Waals surface area contributed by atoms with Gasteiger partial charge >= 0.3 is 0 Å². The summed E-state index contributed by atoms with van der Waals surface area (Å²) in [5, 5.41) is 3.60.